The van der Waals surface area contributed by atoms with Gasteiger partial charge < -0.3 is 5.11 Å². The number of carbonyl (C=O) groups is 1. The van der Waals surface area contributed by atoms with Gasteiger partial charge in [-0.05, 0) is 31.6 Å². The summed E-state index contributed by atoms with van der Waals surface area (Å²) in [4.78, 5) is 14.4. The van der Waals surface area contributed by atoms with Crippen LogP contribution in [0.3, 0.4) is 0 Å². The second kappa shape index (κ2) is 3.85. The van der Waals surface area contributed by atoms with Crippen molar-refractivity contribution in [1.29, 1.82) is 0 Å². The number of aryl methyl sites for hydroxylation is 2. The molecule has 0 bridgehead atoms. The summed E-state index contributed by atoms with van der Waals surface area (Å²) in [5.74, 6) is -0.958. The Bertz CT molecular complexity index is 356. The van der Waals surface area contributed by atoms with E-state index in [1.54, 1.807) is 6.07 Å². The van der Waals surface area contributed by atoms with Gasteiger partial charge in [0.2, 0.25) is 0 Å². The molecule has 0 atom stereocenters. The van der Waals surface area contributed by atoms with Crippen molar-refractivity contribution in [2.24, 2.45) is 0 Å². The molecule has 68 valence electrons. The number of hydrogen-bond donors (Lipinski definition) is 1. The fourth-order valence-electron chi connectivity index (χ4n) is 0.900. The average Bonchev–Trinajstić information content (AvgIpc) is 2.07. The van der Waals surface area contributed by atoms with Crippen LogP contribution in [-0.2, 0) is 4.79 Å². The first kappa shape index (κ1) is 9.45. The molecule has 0 amide bonds. The normalized spacial score (nSPS) is 10.6. The lowest BCUT2D eigenvalue weighted by Crippen LogP contribution is -1.90. The summed E-state index contributed by atoms with van der Waals surface area (Å²) >= 11 is 0. The molecule has 13 heavy (non-hydrogen) atoms. The van der Waals surface area contributed by atoms with Crippen LogP contribution in [0.5, 0.6) is 0 Å². The highest BCUT2D eigenvalue weighted by atomic mass is 16.4. The van der Waals surface area contributed by atoms with Crippen molar-refractivity contribution in [3.05, 3.63) is 35.2 Å². The van der Waals surface area contributed by atoms with E-state index in [-0.39, 0.29) is 0 Å². The minimum Gasteiger partial charge on any atom is -0.478 e. The fourth-order valence-corrected chi connectivity index (χ4v) is 0.900. The first-order valence-electron chi connectivity index (χ1n) is 3.95. The number of pyridine rings is 1. The molecule has 0 aliphatic carbocycles. The van der Waals surface area contributed by atoms with Crippen molar-refractivity contribution in [2.75, 3.05) is 0 Å². The number of aromatic nitrogens is 1. The Kier molecular flexibility index (Phi) is 2.80. The molecule has 0 radical (unpaired) electrons. The maximum absolute atomic E-state index is 10.2. The maximum Gasteiger partial charge on any atom is 0.328 e. The van der Waals surface area contributed by atoms with Gasteiger partial charge in [-0.25, -0.2) is 4.79 Å². The van der Waals surface area contributed by atoms with Crippen molar-refractivity contribution in [2.45, 2.75) is 13.8 Å². The smallest absolute Gasteiger partial charge is 0.328 e. The Morgan fingerprint density at radius 2 is 2.15 bits per heavy atom. The van der Waals surface area contributed by atoms with Gasteiger partial charge in [-0.3, -0.25) is 4.98 Å². The highest BCUT2D eigenvalue weighted by Crippen LogP contribution is 2.05. The SMILES string of the molecule is Cc1ccc(/C=C/C(=O)O)nc1C. The van der Waals surface area contributed by atoms with Gasteiger partial charge in [0.05, 0.1) is 5.69 Å². The first-order chi connectivity index (χ1) is 6.09. The van der Waals surface area contributed by atoms with Crippen LogP contribution < -0.4 is 0 Å². The summed E-state index contributed by atoms with van der Waals surface area (Å²) < 4.78 is 0. The van der Waals surface area contributed by atoms with Gasteiger partial charge in [-0.2, -0.15) is 0 Å². The van der Waals surface area contributed by atoms with Crippen molar-refractivity contribution >= 4 is 12.0 Å². The molecule has 1 aromatic heterocycles. The van der Waals surface area contributed by atoms with Crippen LogP contribution in [0.15, 0.2) is 18.2 Å². The number of rotatable bonds is 2. The van der Waals surface area contributed by atoms with Crippen molar-refractivity contribution in [3.63, 3.8) is 0 Å². The fraction of sp³-hybridized carbons (Fsp3) is 0.200. The highest BCUT2D eigenvalue weighted by Gasteiger charge is 1.94. The lowest BCUT2D eigenvalue weighted by atomic mass is 10.2. The molecule has 0 aliphatic heterocycles. The Morgan fingerprint density at radius 1 is 1.46 bits per heavy atom. The molecule has 0 spiro atoms. The summed E-state index contributed by atoms with van der Waals surface area (Å²) in [7, 11) is 0. The predicted octanol–water partition coefficient (Wildman–Crippen LogP) is 1.80. The zero-order valence-corrected chi connectivity index (χ0v) is 7.61. The van der Waals surface area contributed by atoms with Crippen LogP contribution in [-0.4, -0.2) is 16.1 Å². The lowest BCUT2D eigenvalue weighted by molar-refractivity contribution is -0.131. The molecule has 0 saturated heterocycles. The van der Waals surface area contributed by atoms with Crippen LogP contribution >= 0.6 is 0 Å². The molecule has 0 aromatic carbocycles. The van der Waals surface area contributed by atoms with Crippen LogP contribution in [0.4, 0.5) is 0 Å². The summed E-state index contributed by atoms with van der Waals surface area (Å²) in [5, 5.41) is 8.38. The molecule has 1 heterocycles. The quantitative estimate of drug-likeness (QED) is 0.701. The number of aliphatic carboxylic acids is 1. The van der Waals surface area contributed by atoms with Gasteiger partial charge >= 0.3 is 5.97 Å². The summed E-state index contributed by atoms with van der Waals surface area (Å²) in [6, 6.07) is 3.71. The van der Waals surface area contributed by atoms with Crippen LogP contribution in [0.2, 0.25) is 0 Å². The molecule has 3 nitrogen and oxygen atoms in total. The molecule has 1 rings (SSSR count). The standard InChI is InChI=1S/C10H11NO2/c1-7-3-4-9(11-8(7)2)5-6-10(12)13/h3-6H,1-2H3,(H,12,13)/b6-5+. The van der Waals surface area contributed by atoms with E-state index in [4.69, 9.17) is 5.11 Å². The zero-order chi connectivity index (χ0) is 9.84. The van der Waals surface area contributed by atoms with E-state index < -0.39 is 5.97 Å². The Morgan fingerprint density at radius 3 is 2.69 bits per heavy atom. The lowest BCUT2D eigenvalue weighted by Gasteiger charge is -1.98. The molecule has 1 N–H and O–H groups in total. The Labute approximate surface area is 76.7 Å². The maximum atomic E-state index is 10.2. The molecule has 1 aromatic rings. The second-order valence-corrected chi connectivity index (χ2v) is 2.81. The number of hydrogen-bond acceptors (Lipinski definition) is 2. The van der Waals surface area contributed by atoms with Crippen LogP contribution in [0.1, 0.15) is 17.0 Å². The van der Waals surface area contributed by atoms with Gasteiger partial charge in [0.1, 0.15) is 0 Å². The van der Waals surface area contributed by atoms with E-state index in [1.165, 1.54) is 6.08 Å². The van der Waals surface area contributed by atoms with E-state index in [2.05, 4.69) is 4.98 Å². The van der Waals surface area contributed by atoms with E-state index >= 15 is 0 Å². The summed E-state index contributed by atoms with van der Waals surface area (Å²) in [6.45, 7) is 3.86. The molecule has 0 fully saturated rings. The third kappa shape index (κ3) is 2.71. The molecule has 0 saturated carbocycles. The topological polar surface area (TPSA) is 50.2 Å². The Balaban J connectivity index is 2.92. The monoisotopic (exact) mass is 177 g/mol. The third-order valence-corrected chi connectivity index (χ3v) is 1.77. The van der Waals surface area contributed by atoms with Crippen LogP contribution in [0.25, 0.3) is 6.08 Å². The zero-order valence-electron chi connectivity index (χ0n) is 7.61. The number of nitrogens with zero attached hydrogens (tertiary/aromatic N) is 1. The van der Waals surface area contributed by atoms with Gasteiger partial charge in [0, 0.05) is 11.8 Å². The van der Waals surface area contributed by atoms with Crippen molar-refractivity contribution < 1.29 is 9.90 Å². The predicted molar refractivity (Wildman–Crippen MR) is 50.4 cm³/mol. The third-order valence-electron chi connectivity index (χ3n) is 1.77. The van der Waals surface area contributed by atoms with Gasteiger partial charge in [-0.15, -0.1) is 0 Å². The average molecular weight is 177 g/mol. The van der Waals surface area contributed by atoms with E-state index in [1.807, 2.05) is 19.9 Å². The molecule has 0 aliphatic rings. The number of carboxylic acid groups (broad SMARTS) is 1. The number of carboxylic acids is 1. The largest absolute Gasteiger partial charge is 0.478 e. The van der Waals surface area contributed by atoms with Crippen molar-refractivity contribution in [1.82, 2.24) is 4.98 Å². The molecular weight excluding hydrogens is 166 g/mol. The van der Waals surface area contributed by atoms with Gasteiger partial charge in [0.15, 0.2) is 0 Å². The van der Waals surface area contributed by atoms with E-state index in [0.29, 0.717) is 5.69 Å². The molecule has 0 unspecified atom stereocenters. The minimum absolute atomic E-state index is 0.672. The highest BCUT2D eigenvalue weighted by molar-refractivity contribution is 5.84. The Hall–Kier alpha value is -1.64. The second-order valence-electron chi connectivity index (χ2n) is 2.81. The molecular formula is C10H11NO2. The van der Waals surface area contributed by atoms with Crippen LogP contribution in [0, 0.1) is 13.8 Å². The summed E-state index contributed by atoms with van der Waals surface area (Å²) in [6.07, 6.45) is 2.56. The minimum atomic E-state index is -0.958. The van der Waals surface area contributed by atoms with E-state index in [9.17, 15) is 4.79 Å². The van der Waals surface area contributed by atoms with Gasteiger partial charge in [-0.1, -0.05) is 6.07 Å². The first-order valence-corrected chi connectivity index (χ1v) is 3.95. The van der Waals surface area contributed by atoms with Gasteiger partial charge in [0.25, 0.3) is 0 Å². The molecule has 3 heteroatoms. The van der Waals surface area contributed by atoms with E-state index in [0.717, 1.165) is 17.3 Å². The summed E-state index contributed by atoms with van der Waals surface area (Å²) in [5.41, 5.74) is 2.70. The van der Waals surface area contributed by atoms with Crippen molar-refractivity contribution in [3.8, 4) is 0 Å².